The number of piperazine rings is 1. The van der Waals surface area contributed by atoms with Gasteiger partial charge in [0.05, 0.1) is 11.1 Å². The van der Waals surface area contributed by atoms with Crippen molar-refractivity contribution < 1.29 is 19.2 Å². The second kappa shape index (κ2) is 7.10. The topological polar surface area (TPSA) is 98.8 Å². The monoisotopic (exact) mass is 384 g/mol. The van der Waals surface area contributed by atoms with Gasteiger partial charge in [-0.15, -0.1) is 0 Å². The van der Waals surface area contributed by atoms with Crippen molar-refractivity contribution in [3.8, 4) is 0 Å². The second-order valence-electron chi connectivity index (χ2n) is 7.87. The number of nitrogens with zero attached hydrogens (tertiary/aromatic N) is 2. The molecule has 0 saturated carbocycles. The Kier molecular flexibility index (Phi) is 4.76. The fourth-order valence-electron chi connectivity index (χ4n) is 4.25. The molecule has 2 saturated heterocycles. The smallest absolute Gasteiger partial charge is 0.262 e. The highest BCUT2D eigenvalue weighted by atomic mass is 16.2. The number of piperidine rings is 1. The molecule has 8 heteroatoms. The summed E-state index contributed by atoms with van der Waals surface area (Å²) in [6.45, 7) is 6.53. The van der Waals surface area contributed by atoms with Crippen LogP contribution in [0.5, 0.6) is 0 Å². The molecule has 1 aromatic rings. The average molecular weight is 384 g/mol. The quantitative estimate of drug-likeness (QED) is 0.726. The molecule has 3 heterocycles. The molecule has 3 aliphatic heterocycles. The van der Waals surface area contributed by atoms with Crippen LogP contribution in [0.1, 0.15) is 53.0 Å². The average Bonchev–Trinajstić information content (AvgIpc) is 2.90. The van der Waals surface area contributed by atoms with Crippen LogP contribution in [0, 0.1) is 0 Å². The van der Waals surface area contributed by atoms with E-state index in [9.17, 15) is 19.2 Å². The van der Waals surface area contributed by atoms with Crippen molar-refractivity contribution in [3.63, 3.8) is 0 Å². The van der Waals surface area contributed by atoms with E-state index in [2.05, 4.69) is 29.4 Å². The second-order valence-corrected chi connectivity index (χ2v) is 7.87. The minimum Gasteiger partial charge on any atom is -0.311 e. The van der Waals surface area contributed by atoms with Crippen LogP contribution in [0.2, 0.25) is 0 Å². The summed E-state index contributed by atoms with van der Waals surface area (Å²) < 4.78 is 0. The van der Waals surface area contributed by atoms with Crippen LogP contribution < -0.4 is 10.6 Å². The Bertz CT molecular complexity index is 868. The molecule has 2 N–H and O–H groups in total. The van der Waals surface area contributed by atoms with E-state index in [4.69, 9.17) is 0 Å². The number of amides is 4. The number of carbonyl (C=O) groups is 4. The summed E-state index contributed by atoms with van der Waals surface area (Å²) in [7, 11) is 0. The van der Waals surface area contributed by atoms with Gasteiger partial charge in [0.15, 0.2) is 0 Å². The third-order valence-corrected chi connectivity index (χ3v) is 5.82. The number of fused-ring (bicyclic) bond motifs is 1. The summed E-state index contributed by atoms with van der Waals surface area (Å²) in [5.74, 6) is -1.86. The van der Waals surface area contributed by atoms with E-state index in [1.54, 1.807) is 12.1 Å². The van der Waals surface area contributed by atoms with E-state index in [1.807, 2.05) is 6.07 Å². The van der Waals surface area contributed by atoms with Crippen molar-refractivity contribution in [2.24, 2.45) is 0 Å². The van der Waals surface area contributed by atoms with Crippen LogP contribution in [0.3, 0.4) is 0 Å². The molecule has 0 aromatic heterocycles. The standard InChI is InChI=1S/C20H24N4O4/c1-11-9-23(12(2)8-21-11)10-13-4-3-5-14-17(13)20(28)24(19(14)27)15-6-7-16(25)22-18(15)26/h3-5,11-12,15,21H,6-10H2,1-2H3,(H,22,25,26). The lowest BCUT2D eigenvalue weighted by atomic mass is 10.0. The zero-order valence-corrected chi connectivity index (χ0v) is 16.0. The third-order valence-electron chi connectivity index (χ3n) is 5.82. The van der Waals surface area contributed by atoms with Crippen molar-refractivity contribution >= 4 is 23.6 Å². The first-order chi connectivity index (χ1) is 13.4. The fourth-order valence-corrected chi connectivity index (χ4v) is 4.25. The lowest BCUT2D eigenvalue weighted by Gasteiger charge is -2.37. The number of hydrogen-bond acceptors (Lipinski definition) is 6. The molecule has 0 aliphatic carbocycles. The molecule has 4 amide bonds. The maximum absolute atomic E-state index is 13.2. The number of rotatable bonds is 3. The van der Waals surface area contributed by atoms with E-state index < -0.39 is 23.8 Å². The van der Waals surface area contributed by atoms with E-state index in [0.717, 1.165) is 23.6 Å². The molecule has 28 heavy (non-hydrogen) atoms. The Balaban J connectivity index is 1.63. The maximum atomic E-state index is 13.2. The number of imide groups is 2. The lowest BCUT2D eigenvalue weighted by molar-refractivity contribution is -0.136. The Morgan fingerprint density at radius 3 is 2.64 bits per heavy atom. The SMILES string of the molecule is CC1CN(Cc2cccc3c2C(=O)N(C2CCC(=O)NC2=O)C3=O)C(C)CN1. The highest BCUT2D eigenvalue weighted by Crippen LogP contribution is 2.31. The van der Waals surface area contributed by atoms with Crippen molar-refractivity contribution in [3.05, 3.63) is 34.9 Å². The Hall–Kier alpha value is -2.58. The first-order valence-electron chi connectivity index (χ1n) is 9.67. The summed E-state index contributed by atoms with van der Waals surface area (Å²) >= 11 is 0. The van der Waals surface area contributed by atoms with Crippen LogP contribution in [-0.2, 0) is 16.1 Å². The molecule has 0 radical (unpaired) electrons. The molecule has 3 atom stereocenters. The maximum Gasteiger partial charge on any atom is 0.262 e. The van der Waals surface area contributed by atoms with Gasteiger partial charge in [0.25, 0.3) is 11.8 Å². The first kappa shape index (κ1) is 18.8. The van der Waals surface area contributed by atoms with Gasteiger partial charge >= 0.3 is 0 Å². The summed E-state index contributed by atoms with van der Waals surface area (Å²) in [6, 6.07) is 5.02. The molecule has 8 nitrogen and oxygen atoms in total. The van der Waals surface area contributed by atoms with Crippen LogP contribution in [0.4, 0.5) is 0 Å². The molecule has 1 aromatic carbocycles. The van der Waals surface area contributed by atoms with Crippen molar-refractivity contribution in [1.82, 2.24) is 20.4 Å². The van der Waals surface area contributed by atoms with Gasteiger partial charge in [-0.1, -0.05) is 12.1 Å². The normalized spacial score (nSPS) is 28.5. The minimum absolute atomic E-state index is 0.118. The summed E-state index contributed by atoms with van der Waals surface area (Å²) in [5, 5.41) is 5.66. The molecule has 3 aliphatic rings. The van der Waals surface area contributed by atoms with Gasteiger partial charge in [0.2, 0.25) is 11.8 Å². The van der Waals surface area contributed by atoms with Crippen molar-refractivity contribution in [2.45, 2.75) is 51.4 Å². The molecule has 4 rings (SSSR count). The summed E-state index contributed by atoms with van der Waals surface area (Å²) in [5.41, 5.74) is 1.52. The van der Waals surface area contributed by atoms with Crippen LogP contribution in [0.25, 0.3) is 0 Å². The highest BCUT2D eigenvalue weighted by molar-refractivity contribution is 6.24. The first-order valence-corrected chi connectivity index (χ1v) is 9.67. The van der Waals surface area contributed by atoms with Gasteiger partial charge < -0.3 is 5.32 Å². The van der Waals surface area contributed by atoms with Gasteiger partial charge in [-0.05, 0) is 31.9 Å². The molecule has 148 valence electrons. The van der Waals surface area contributed by atoms with Gasteiger partial charge in [0, 0.05) is 38.1 Å². The minimum atomic E-state index is -0.934. The molecule has 2 fully saturated rings. The van der Waals surface area contributed by atoms with Gasteiger partial charge in [-0.25, -0.2) is 0 Å². The zero-order valence-electron chi connectivity index (χ0n) is 16.0. The van der Waals surface area contributed by atoms with Gasteiger partial charge in [0.1, 0.15) is 6.04 Å². The number of hydrogen-bond donors (Lipinski definition) is 2. The molecule has 0 spiro atoms. The van der Waals surface area contributed by atoms with Gasteiger partial charge in [-0.3, -0.25) is 34.3 Å². The summed E-state index contributed by atoms with van der Waals surface area (Å²) in [4.78, 5) is 53.0. The van der Waals surface area contributed by atoms with Crippen LogP contribution >= 0.6 is 0 Å². The Morgan fingerprint density at radius 2 is 1.89 bits per heavy atom. The molecule has 3 unspecified atom stereocenters. The fraction of sp³-hybridized carbons (Fsp3) is 0.500. The highest BCUT2D eigenvalue weighted by Gasteiger charge is 2.45. The number of carbonyl (C=O) groups excluding carboxylic acids is 4. The van der Waals surface area contributed by atoms with Crippen molar-refractivity contribution in [1.29, 1.82) is 0 Å². The number of benzene rings is 1. The van der Waals surface area contributed by atoms with Crippen LogP contribution in [0.15, 0.2) is 18.2 Å². The lowest BCUT2D eigenvalue weighted by Crippen LogP contribution is -2.54. The van der Waals surface area contributed by atoms with E-state index in [1.165, 1.54) is 0 Å². The molecular formula is C20H24N4O4. The van der Waals surface area contributed by atoms with E-state index in [-0.39, 0.29) is 18.7 Å². The predicted octanol–water partition coefficient (Wildman–Crippen LogP) is 0.270. The Morgan fingerprint density at radius 1 is 1.11 bits per heavy atom. The summed E-state index contributed by atoms with van der Waals surface area (Å²) in [6.07, 6.45) is 0.282. The van der Waals surface area contributed by atoms with E-state index >= 15 is 0 Å². The molecule has 0 bridgehead atoms. The Labute approximate surface area is 163 Å². The van der Waals surface area contributed by atoms with Crippen LogP contribution in [-0.4, -0.2) is 64.6 Å². The third kappa shape index (κ3) is 3.12. The largest absolute Gasteiger partial charge is 0.311 e. The van der Waals surface area contributed by atoms with E-state index in [0.29, 0.717) is 29.8 Å². The molecular weight excluding hydrogens is 360 g/mol. The van der Waals surface area contributed by atoms with Gasteiger partial charge in [-0.2, -0.15) is 0 Å². The predicted molar refractivity (Wildman–Crippen MR) is 100 cm³/mol. The number of nitrogens with one attached hydrogen (secondary N) is 2. The zero-order chi connectivity index (χ0) is 20.0. The van der Waals surface area contributed by atoms with Crippen molar-refractivity contribution in [2.75, 3.05) is 13.1 Å².